The molecule has 3 fully saturated rings. The maximum atomic E-state index is 14.5. The normalized spacial score (nSPS) is 27.0. The number of likely N-dealkylation sites (tertiary alicyclic amines) is 1. The van der Waals surface area contributed by atoms with Gasteiger partial charge in [0.25, 0.3) is 5.92 Å². The average Bonchev–Trinajstić information content (AvgIpc) is 3.41. The number of nitrogens with zero attached hydrogens (tertiary/aromatic N) is 3. The van der Waals surface area contributed by atoms with Gasteiger partial charge in [-0.25, -0.2) is 22.0 Å². The number of alkyl halides is 2. The van der Waals surface area contributed by atoms with Gasteiger partial charge in [0.15, 0.2) is 17.5 Å². The molecular weight excluding hydrogens is 467 g/mol. The predicted octanol–water partition coefficient (Wildman–Crippen LogP) is 5.22. The van der Waals surface area contributed by atoms with Crippen LogP contribution in [0.1, 0.15) is 40.9 Å². The molecule has 0 bridgehead atoms. The van der Waals surface area contributed by atoms with Crippen LogP contribution in [0.4, 0.5) is 27.8 Å². The van der Waals surface area contributed by atoms with Crippen LogP contribution in [0.5, 0.6) is 0 Å². The van der Waals surface area contributed by atoms with Gasteiger partial charge in [-0.15, -0.1) is 10.2 Å². The number of anilines is 1. The zero-order chi connectivity index (χ0) is 26.5. The maximum absolute atomic E-state index is 14.5. The van der Waals surface area contributed by atoms with Crippen LogP contribution in [-0.4, -0.2) is 53.9 Å². The van der Waals surface area contributed by atoms with Gasteiger partial charge in [-0.2, -0.15) is 0 Å². The van der Waals surface area contributed by atoms with Crippen molar-refractivity contribution in [1.29, 1.82) is 0 Å². The van der Waals surface area contributed by atoms with E-state index < -0.39 is 46.7 Å². The van der Waals surface area contributed by atoms with Crippen molar-refractivity contribution in [1.82, 2.24) is 15.1 Å². The summed E-state index contributed by atoms with van der Waals surface area (Å²) in [6, 6.07) is 1.79. The van der Waals surface area contributed by atoms with E-state index in [9.17, 15) is 22.0 Å². The first kappa shape index (κ1) is 21.9. The zero-order valence-corrected chi connectivity index (χ0v) is 19.3. The molecule has 1 saturated carbocycles. The highest BCUT2D eigenvalue weighted by atomic mass is 19.3. The third-order valence-electron chi connectivity index (χ3n) is 7.21. The van der Waals surface area contributed by atoms with E-state index in [2.05, 4.69) is 15.5 Å². The second-order valence-corrected chi connectivity index (χ2v) is 9.88. The lowest BCUT2D eigenvalue weighted by Crippen LogP contribution is -2.32. The molecule has 1 N–H and O–H groups in total. The van der Waals surface area contributed by atoms with Crippen LogP contribution >= 0.6 is 0 Å². The number of aromatic nitrogens is 2. The zero-order valence-electron chi connectivity index (χ0n) is 21.3. The highest BCUT2D eigenvalue weighted by molar-refractivity contribution is 5.63. The molecule has 1 aliphatic carbocycles. The van der Waals surface area contributed by atoms with Gasteiger partial charge in [-0.3, -0.25) is 0 Å². The van der Waals surface area contributed by atoms with E-state index in [-0.39, 0.29) is 29.6 Å². The quantitative estimate of drug-likeness (QED) is 0.437. The Morgan fingerprint density at radius 1 is 1.09 bits per heavy atom. The fourth-order valence-corrected chi connectivity index (χ4v) is 5.51. The SMILES string of the molecule is [2H]C([2H])(C1CCOCC1)N1C[C@H]2CC(Nc3nnc(-c4cc(F)cc(F)c4F)cc3C(C)(F)F)C[C@H]2C1. The summed E-state index contributed by atoms with van der Waals surface area (Å²) in [5, 5.41) is 10.7. The molecule has 2 aliphatic heterocycles. The van der Waals surface area contributed by atoms with Gasteiger partial charge >= 0.3 is 0 Å². The van der Waals surface area contributed by atoms with E-state index >= 15 is 0 Å². The van der Waals surface area contributed by atoms with Gasteiger partial charge in [-0.05, 0) is 55.6 Å². The van der Waals surface area contributed by atoms with E-state index in [4.69, 9.17) is 7.48 Å². The van der Waals surface area contributed by atoms with E-state index in [0.717, 1.165) is 6.07 Å². The number of nitrogens with one attached hydrogen (secondary N) is 1. The predicted molar refractivity (Wildman–Crippen MR) is 121 cm³/mol. The van der Waals surface area contributed by atoms with Gasteiger partial charge in [0.2, 0.25) is 0 Å². The second kappa shape index (κ2) is 9.61. The Bertz CT molecular complexity index is 1140. The van der Waals surface area contributed by atoms with Crippen molar-refractivity contribution in [3.63, 3.8) is 0 Å². The van der Waals surface area contributed by atoms with Crippen LogP contribution in [0, 0.1) is 35.2 Å². The summed E-state index contributed by atoms with van der Waals surface area (Å²) >= 11 is 0. The first-order valence-electron chi connectivity index (χ1n) is 12.9. The molecule has 2 aromatic rings. The third kappa shape index (κ3) is 5.28. The minimum atomic E-state index is -3.37. The summed E-state index contributed by atoms with van der Waals surface area (Å²) in [6.45, 7) is 1.59. The van der Waals surface area contributed by atoms with Crippen molar-refractivity contribution >= 4 is 5.82 Å². The topological polar surface area (TPSA) is 50.3 Å². The third-order valence-corrected chi connectivity index (χ3v) is 7.21. The number of hydrogen-bond donors (Lipinski definition) is 1. The van der Waals surface area contributed by atoms with Crippen molar-refractivity contribution in [2.24, 2.45) is 17.8 Å². The van der Waals surface area contributed by atoms with Crippen LogP contribution in [-0.2, 0) is 10.7 Å². The Morgan fingerprint density at radius 3 is 2.43 bits per heavy atom. The number of benzene rings is 1. The molecule has 5 nitrogen and oxygen atoms in total. The average molecular weight is 499 g/mol. The van der Waals surface area contributed by atoms with Crippen LogP contribution in [0.25, 0.3) is 11.3 Å². The minimum Gasteiger partial charge on any atom is -0.381 e. The van der Waals surface area contributed by atoms with E-state index in [1.807, 2.05) is 4.90 Å². The Kier molecular flexibility index (Phi) is 6.02. The molecule has 5 rings (SSSR count). The molecule has 0 amide bonds. The lowest BCUT2D eigenvalue weighted by Gasteiger charge is -2.28. The maximum Gasteiger partial charge on any atom is 0.274 e. The Labute approximate surface area is 203 Å². The number of ether oxygens (including phenoxy) is 1. The molecule has 3 atom stereocenters. The van der Waals surface area contributed by atoms with Crippen LogP contribution in [0.3, 0.4) is 0 Å². The molecule has 0 radical (unpaired) electrons. The van der Waals surface area contributed by atoms with Gasteiger partial charge in [0, 0.05) is 60.1 Å². The fourth-order valence-electron chi connectivity index (χ4n) is 5.51. The molecule has 0 spiro atoms. The summed E-state index contributed by atoms with van der Waals surface area (Å²) in [6.07, 6.45) is 2.70. The van der Waals surface area contributed by atoms with E-state index in [1.165, 1.54) is 0 Å². The van der Waals surface area contributed by atoms with E-state index in [1.54, 1.807) is 0 Å². The van der Waals surface area contributed by atoms with Crippen molar-refractivity contribution in [2.75, 3.05) is 38.1 Å². The van der Waals surface area contributed by atoms with Crippen molar-refractivity contribution < 1.29 is 29.4 Å². The number of halogens is 5. The van der Waals surface area contributed by atoms with Crippen LogP contribution < -0.4 is 5.32 Å². The second-order valence-electron chi connectivity index (χ2n) is 9.88. The standard InChI is InChI=1S/C25H29F5N4O/c1-25(29,30)20-10-22(19-8-17(26)9-21(27)23(19)28)32-33-24(20)31-18-6-15-12-34(13-16(15)7-18)11-14-2-4-35-5-3-14/h8-10,14-16,18H,2-7,11-13H2,1H3,(H,31,33)/t15-,16+,18?/i11D2. The molecule has 1 aromatic carbocycles. The number of fused-ring (bicyclic) bond motifs is 1. The summed E-state index contributed by atoms with van der Waals surface area (Å²) < 4.78 is 93.4. The molecule has 3 aliphatic rings. The number of rotatable bonds is 6. The van der Waals surface area contributed by atoms with Gasteiger partial charge in [0.05, 0.1) is 11.3 Å². The lowest BCUT2D eigenvalue weighted by molar-refractivity contribution is 0.0178. The monoisotopic (exact) mass is 498 g/mol. The Balaban J connectivity index is 1.30. The molecular formula is C25H29F5N4O. The largest absolute Gasteiger partial charge is 0.381 e. The van der Waals surface area contributed by atoms with Gasteiger partial charge < -0.3 is 15.0 Å². The van der Waals surface area contributed by atoms with Crippen LogP contribution in [0.2, 0.25) is 0 Å². The molecule has 3 heterocycles. The van der Waals surface area contributed by atoms with Gasteiger partial charge in [-0.1, -0.05) is 0 Å². The summed E-state index contributed by atoms with van der Waals surface area (Å²) in [5.41, 5.74) is -1.53. The van der Waals surface area contributed by atoms with Crippen molar-refractivity contribution in [3.05, 3.63) is 41.2 Å². The highest BCUT2D eigenvalue weighted by Gasteiger charge is 2.42. The fraction of sp³-hybridized carbons (Fsp3) is 0.600. The molecule has 190 valence electrons. The molecule has 2 saturated heterocycles. The first-order chi connectivity index (χ1) is 17.4. The number of hydrogen-bond acceptors (Lipinski definition) is 5. The Morgan fingerprint density at radius 2 is 1.77 bits per heavy atom. The molecule has 1 unspecified atom stereocenters. The van der Waals surface area contributed by atoms with Crippen molar-refractivity contribution in [2.45, 2.75) is 44.6 Å². The molecule has 35 heavy (non-hydrogen) atoms. The Hall–Kier alpha value is -2.33. The summed E-state index contributed by atoms with van der Waals surface area (Å²) in [7, 11) is 0. The summed E-state index contributed by atoms with van der Waals surface area (Å²) in [5.74, 6) is -7.08. The van der Waals surface area contributed by atoms with Crippen molar-refractivity contribution in [3.8, 4) is 11.3 Å². The molecule has 10 heteroatoms. The molecule has 1 aromatic heterocycles. The lowest BCUT2D eigenvalue weighted by atomic mass is 10.00. The smallest absolute Gasteiger partial charge is 0.274 e. The summed E-state index contributed by atoms with van der Waals surface area (Å²) in [4.78, 5) is 1.92. The highest BCUT2D eigenvalue weighted by Crippen LogP contribution is 2.41. The minimum absolute atomic E-state index is 0.0754. The van der Waals surface area contributed by atoms with Gasteiger partial charge in [0.1, 0.15) is 5.82 Å². The van der Waals surface area contributed by atoms with Crippen LogP contribution in [0.15, 0.2) is 18.2 Å². The first-order valence-corrected chi connectivity index (χ1v) is 11.9. The van der Waals surface area contributed by atoms with E-state index in [0.29, 0.717) is 71.0 Å².